The van der Waals surface area contributed by atoms with E-state index >= 15 is 0 Å². The summed E-state index contributed by atoms with van der Waals surface area (Å²) in [7, 11) is 0. The van der Waals surface area contributed by atoms with Crippen molar-refractivity contribution in [2.24, 2.45) is 0 Å². The first kappa shape index (κ1) is 11.7. The van der Waals surface area contributed by atoms with Crippen LogP contribution < -0.4 is 4.74 Å². The van der Waals surface area contributed by atoms with Crippen LogP contribution in [0.15, 0.2) is 30.5 Å². The molecule has 17 heavy (non-hydrogen) atoms. The van der Waals surface area contributed by atoms with Crippen molar-refractivity contribution in [2.75, 3.05) is 6.61 Å². The first-order valence-electron chi connectivity index (χ1n) is 5.92. The maximum atomic E-state index is 11.0. The van der Waals surface area contributed by atoms with Gasteiger partial charge in [0, 0.05) is 24.5 Å². The van der Waals surface area contributed by atoms with Crippen LogP contribution in [0.3, 0.4) is 0 Å². The highest BCUT2D eigenvalue weighted by Crippen LogP contribution is 2.26. The number of carbonyl (C=O) groups is 1. The summed E-state index contributed by atoms with van der Waals surface area (Å²) in [6.07, 6.45) is 2.58. The molecule has 0 aliphatic heterocycles. The van der Waals surface area contributed by atoms with Crippen LogP contribution in [0.25, 0.3) is 10.9 Å². The van der Waals surface area contributed by atoms with E-state index in [-0.39, 0.29) is 5.78 Å². The lowest BCUT2D eigenvalue weighted by molar-refractivity contribution is -0.117. The number of ether oxygens (including phenoxy) is 1. The molecule has 1 heterocycles. The number of benzene rings is 1. The van der Waals surface area contributed by atoms with E-state index in [1.807, 2.05) is 31.3 Å². The molecule has 2 rings (SSSR count). The number of rotatable bonds is 5. The van der Waals surface area contributed by atoms with Gasteiger partial charge in [0.2, 0.25) is 0 Å². The lowest BCUT2D eigenvalue weighted by Crippen LogP contribution is -2.01. The number of Topliss-reactive ketones (excluding diaryl/α,β-unsaturated/α-hetero) is 1. The first-order chi connectivity index (χ1) is 8.22. The van der Waals surface area contributed by atoms with Crippen LogP contribution in [0.5, 0.6) is 5.75 Å². The summed E-state index contributed by atoms with van der Waals surface area (Å²) in [6, 6.07) is 8.05. The van der Waals surface area contributed by atoms with Gasteiger partial charge in [0.25, 0.3) is 0 Å². The second-order valence-electron chi connectivity index (χ2n) is 4.08. The van der Waals surface area contributed by atoms with Crippen LogP contribution in [0.2, 0.25) is 0 Å². The highest BCUT2D eigenvalue weighted by Gasteiger charge is 2.06. The zero-order valence-electron chi connectivity index (χ0n) is 10.3. The van der Waals surface area contributed by atoms with Crippen LogP contribution in [0, 0.1) is 0 Å². The minimum absolute atomic E-state index is 0.216. The first-order valence-corrected chi connectivity index (χ1v) is 5.92. The van der Waals surface area contributed by atoms with Gasteiger partial charge in [-0.1, -0.05) is 6.07 Å². The number of ketones is 1. The molecule has 0 aliphatic rings. The van der Waals surface area contributed by atoms with Gasteiger partial charge in [-0.25, -0.2) is 0 Å². The smallest absolute Gasteiger partial charge is 0.131 e. The number of hydrogen-bond donors (Lipinski definition) is 0. The third-order valence-electron chi connectivity index (χ3n) is 2.78. The van der Waals surface area contributed by atoms with E-state index in [0.717, 1.165) is 23.2 Å². The predicted molar refractivity (Wildman–Crippen MR) is 68.4 cm³/mol. The van der Waals surface area contributed by atoms with E-state index in [0.29, 0.717) is 13.0 Å². The highest BCUT2D eigenvalue weighted by atomic mass is 16.5. The molecule has 0 bridgehead atoms. The topological polar surface area (TPSA) is 31.2 Å². The number of aromatic nitrogens is 1. The fourth-order valence-corrected chi connectivity index (χ4v) is 1.95. The molecule has 0 saturated heterocycles. The van der Waals surface area contributed by atoms with Crippen molar-refractivity contribution in [3.63, 3.8) is 0 Å². The van der Waals surface area contributed by atoms with Crippen LogP contribution in [0.1, 0.15) is 20.3 Å². The van der Waals surface area contributed by atoms with Gasteiger partial charge >= 0.3 is 0 Å². The Kier molecular flexibility index (Phi) is 3.47. The zero-order chi connectivity index (χ0) is 12.3. The van der Waals surface area contributed by atoms with Crippen molar-refractivity contribution in [1.29, 1.82) is 0 Å². The van der Waals surface area contributed by atoms with Crippen molar-refractivity contribution in [1.82, 2.24) is 4.57 Å². The molecule has 0 atom stereocenters. The normalized spacial score (nSPS) is 10.7. The number of fused-ring (bicyclic) bond motifs is 1. The molecule has 0 fully saturated rings. The van der Waals surface area contributed by atoms with Gasteiger partial charge in [-0.15, -0.1) is 0 Å². The van der Waals surface area contributed by atoms with Crippen molar-refractivity contribution < 1.29 is 9.53 Å². The van der Waals surface area contributed by atoms with Gasteiger partial charge in [-0.3, -0.25) is 4.79 Å². The highest BCUT2D eigenvalue weighted by molar-refractivity contribution is 5.86. The number of hydrogen-bond acceptors (Lipinski definition) is 2. The van der Waals surface area contributed by atoms with Crippen molar-refractivity contribution in [2.45, 2.75) is 26.8 Å². The summed E-state index contributed by atoms with van der Waals surface area (Å²) in [4.78, 5) is 11.0. The molecule has 0 N–H and O–H groups in total. The molecular weight excluding hydrogens is 214 g/mol. The van der Waals surface area contributed by atoms with Gasteiger partial charge in [0.1, 0.15) is 11.5 Å². The molecular formula is C14H17NO2. The van der Waals surface area contributed by atoms with Crippen LogP contribution >= 0.6 is 0 Å². The monoisotopic (exact) mass is 231 g/mol. The fourth-order valence-electron chi connectivity index (χ4n) is 1.95. The van der Waals surface area contributed by atoms with Gasteiger partial charge in [-0.05, 0) is 32.0 Å². The Morgan fingerprint density at radius 2 is 2.18 bits per heavy atom. The van der Waals surface area contributed by atoms with Crippen LogP contribution in [-0.2, 0) is 11.3 Å². The van der Waals surface area contributed by atoms with E-state index < -0.39 is 0 Å². The van der Waals surface area contributed by atoms with Crippen molar-refractivity contribution in [3.05, 3.63) is 30.5 Å². The lowest BCUT2D eigenvalue weighted by Gasteiger charge is -2.06. The van der Waals surface area contributed by atoms with Gasteiger partial charge in [-0.2, -0.15) is 0 Å². The Labute approximate surface area is 101 Å². The summed E-state index contributed by atoms with van der Waals surface area (Å²) in [6.45, 7) is 5.00. The third kappa shape index (κ3) is 2.49. The summed E-state index contributed by atoms with van der Waals surface area (Å²) in [5.74, 6) is 1.12. The van der Waals surface area contributed by atoms with E-state index in [9.17, 15) is 4.79 Å². The molecule has 2 aromatic rings. The predicted octanol–water partition coefficient (Wildman–Crippen LogP) is 3.02. The number of carbonyl (C=O) groups excluding carboxylic acids is 1. The minimum atomic E-state index is 0.216. The second-order valence-corrected chi connectivity index (χ2v) is 4.08. The summed E-state index contributed by atoms with van der Waals surface area (Å²) in [5, 5.41) is 1.11. The molecule has 0 radical (unpaired) electrons. The quantitative estimate of drug-likeness (QED) is 0.792. The molecule has 1 aromatic heterocycles. The van der Waals surface area contributed by atoms with E-state index in [2.05, 4.69) is 10.6 Å². The standard InChI is InChI=1S/C14H17NO2/c1-3-17-14-6-4-5-13-12(14)8-10-15(13)9-7-11(2)16/h4-6,8,10H,3,7,9H2,1-2H3. The van der Waals surface area contributed by atoms with Gasteiger partial charge in [0.15, 0.2) is 0 Å². The summed E-state index contributed by atoms with van der Waals surface area (Å²) < 4.78 is 7.67. The Hall–Kier alpha value is -1.77. The second kappa shape index (κ2) is 5.04. The molecule has 0 saturated carbocycles. The van der Waals surface area contributed by atoms with Crippen LogP contribution in [0.4, 0.5) is 0 Å². The molecule has 0 amide bonds. The number of nitrogens with zero attached hydrogens (tertiary/aromatic N) is 1. The Balaban J connectivity index is 2.33. The van der Waals surface area contributed by atoms with E-state index in [4.69, 9.17) is 4.74 Å². The van der Waals surface area contributed by atoms with Crippen molar-refractivity contribution in [3.8, 4) is 5.75 Å². The Morgan fingerprint density at radius 3 is 2.88 bits per heavy atom. The van der Waals surface area contributed by atoms with Crippen LogP contribution in [-0.4, -0.2) is 17.0 Å². The average molecular weight is 231 g/mol. The van der Waals surface area contributed by atoms with Crippen molar-refractivity contribution >= 4 is 16.7 Å². The minimum Gasteiger partial charge on any atom is -0.493 e. The average Bonchev–Trinajstić information content (AvgIpc) is 2.71. The molecule has 0 spiro atoms. The molecule has 1 aromatic carbocycles. The molecule has 90 valence electrons. The number of aryl methyl sites for hydroxylation is 1. The third-order valence-corrected chi connectivity index (χ3v) is 2.78. The van der Waals surface area contributed by atoms with Gasteiger partial charge in [0.05, 0.1) is 12.1 Å². The molecule has 0 unspecified atom stereocenters. The molecule has 0 aliphatic carbocycles. The SMILES string of the molecule is CCOc1cccc2c1ccn2CCC(C)=O. The van der Waals surface area contributed by atoms with Gasteiger partial charge < -0.3 is 9.30 Å². The maximum Gasteiger partial charge on any atom is 0.131 e. The van der Waals surface area contributed by atoms with E-state index in [1.165, 1.54) is 0 Å². The zero-order valence-corrected chi connectivity index (χ0v) is 10.3. The Bertz CT molecular complexity index is 528. The van der Waals surface area contributed by atoms with E-state index in [1.54, 1.807) is 6.92 Å². The fraction of sp³-hybridized carbons (Fsp3) is 0.357. The largest absolute Gasteiger partial charge is 0.493 e. The molecule has 3 heteroatoms. The summed E-state index contributed by atoms with van der Waals surface area (Å²) >= 11 is 0. The maximum absolute atomic E-state index is 11.0. The Morgan fingerprint density at radius 1 is 1.35 bits per heavy atom. The summed E-state index contributed by atoms with van der Waals surface area (Å²) in [5.41, 5.74) is 1.12. The molecule has 3 nitrogen and oxygen atoms in total. The lowest BCUT2D eigenvalue weighted by atomic mass is 10.2.